The lowest BCUT2D eigenvalue weighted by Crippen LogP contribution is -2.41. The number of rotatable bonds is 6. The first kappa shape index (κ1) is 21.7. The fourth-order valence-corrected chi connectivity index (χ4v) is 3.89. The van der Waals surface area contributed by atoms with Gasteiger partial charge in [0.05, 0.1) is 25.3 Å². The van der Waals surface area contributed by atoms with Gasteiger partial charge in [-0.05, 0) is 63.1 Å². The number of aryl methyl sites for hydroxylation is 1. The smallest absolute Gasteiger partial charge is 0.309 e. The number of hydrogen-bond donors (Lipinski definition) is 0. The van der Waals surface area contributed by atoms with Crippen molar-refractivity contribution in [3.05, 3.63) is 53.9 Å². The molecule has 3 heterocycles. The highest BCUT2D eigenvalue weighted by Gasteiger charge is 2.30. The Labute approximate surface area is 186 Å². The Morgan fingerprint density at radius 2 is 1.84 bits per heavy atom. The molecule has 0 spiro atoms. The van der Waals surface area contributed by atoms with Crippen molar-refractivity contribution >= 4 is 11.9 Å². The first-order valence-electron chi connectivity index (χ1n) is 10.8. The first-order valence-corrected chi connectivity index (χ1v) is 10.8. The molecule has 0 radical (unpaired) electrons. The summed E-state index contributed by atoms with van der Waals surface area (Å²) in [6.07, 6.45) is 1.18. The van der Waals surface area contributed by atoms with Crippen LogP contribution in [0.15, 0.2) is 46.9 Å². The van der Waals surface area contributed by atoms with Gasteiger partial charge < -0.3 is 18.8 Å². The standard InChI is InChI=1S/C24H27N3O5/c1-4-31-24(29)17-11-13-26(14-12-17)23(28)21-15-20(22-10-5-16(2)32-22)25-27(21)18-6-8-19(30-3)9-7-18/h5-10,15,17H,4,11-14H2,1-3H3. The van der Waals surface area contributed by atoms with Gasteiger partial charge in [-0.3, -0.25) is 9.59 Å². The third kappa shape index (κ3) is 4.39. The Hall–Kier alpha value is -3.55. The van der Waals surface area contributed by atoms with Gasteiger partial charge in [-0.1, -0.05) is 0 Å². The molecule has 0 atom stereocenters. The van der Waals surface area contributed by atoms with Crippen molar-refractivity contribution in [3.8, 4) is 22.9 Å². The van der Waals surface area contributed by atoms with Gasteiger partial charge in [0.2, 0.25) is 0 Å². The maximum absolute atomic E-state index is 13.5. The van der Waals surface area contributed by atoms with Gasteiger partial charge in [0.1, 0.15) is 22.9 Å². The zero-order valence-electron chi connectivity index (χ0n) is 18.5. The van der Waals surface area contributed by atoms with Crippen LogP contribution in [0.4, 0.5) is 0 Å². The molecule has 1 aliphatic heterocycles. The number of ether oxygens (including phenoxy) is 2. The van der Waals surface area contributed by atoms with E-state index >= 15 is 0 Å². The Morgan fingerprint density at radius 3 is 2.44 bits per heavy atom. The number of hydrogen-bond acceptors (Lipinski definition) is 6. The summed E-state index contributed by atoms with van der Waals surface area (Å²) in [5.41, 5.74) is 1.76. The van der Waals surface area contributed by atoms with E-state index in [0.29, 0.717) is 49.7 Å². The van der Waals surface area contributed by atoms with Crippen LogP contribution in [0, 0.1) is 12.8 Å². The van der Waals surface area contributed by atoms with Gasteiger partial charge in [0.15, 0.2) is 5.76 Å². The molecular formula is C24H27N3O5. The molecule has 0 aliphatic carbocycles. The minimum Gasteiger partial charge on any atom is -0.497 e. The second-order valence-electron chi connectivity index (χ2n) is 7.75. The van der Waals surface area contributed by atoms with E-state index in [-0.39, 0.29) is 17.8 Å². The minimum absolute atomic E-state index is 0.134. The molecule has 1 amide bonds. The van der Waals surface area contributed by atoms with Crippen molar-refractivity contribution in [1.29, 1.82) is 0 Å². The third-order valence-corrected chi connectivity index (χ3v) is 5.64. The Balaban J connectivity index is 1.62. The number of esters is 1. The van der Waals surface area contributed by atoms with Crippen molar-refractivity contribution in [3.63, 3.8) is 0 Å². The summed E-state index contributed by atoms with van der Waals surface area (Å²) in [7, 11) is 1.61. The zero-order chi connectivity index (χ0) is 22.7. The lowest BCUT2D eigenvalue weighted by Gasteiger charge is -2.30. The third-order valence-electron chi connectivity index (χ3n) is 5.64. The molecule has 0 bridgehead atoms. The maximum atomic E-state index is 13.5. The number of carbonyl (C=O) groups excluding carboxylic acids is 2. The molecule has 1 saturated heterocycles. The molecule has 4 rings (SSSR count). The molecule has 8 nitrogen and oxygen atoms in total. The average Bonchev–Trinajstić information content (AvgIpc) is 3.45. The van der Waals surface area contributed by atoms with Crippen molar-refractivity contribution in [2.24, 2.45) is 5.92 Å². The van der Waals surface area contributed by atoms with Crippen LogP contribution in [0.5, 0.6) is 5.75 Å². The molecule has 1 fully saturated rings. The normalized spacial score (nSPS) is 14.4. The highest BCUT2D eigenvalue weighted by atomic mass is 16.5. The van der Waals surface area contributed by atoms with E-state index in [1.165, 1.54) is 0 Å². The van der Waals surface area contributed by atoms with Crippen molar-refractivity contribution < 1.29 is 23.5 Å². The van der Waals surface area contributed by atoms with Gasteiger partial charge in [0.25, 0.3) is 5.91 Å². The molecule has 2 aromatic heterocycles. The maximum Gasteiger partial charge on any atom is 0.309 e. The summed E-state index contributed by atoms with van der Waals surface area (Å²) in [4.78, 5) is 27.3. The van der Waals surface area contributed by atoms with E-state index < -0.39 is 0 Å². The SMILES string of the molecule is CCOC(=O)C1CCN(C(=O)c2cc(-c3ccc(C)o3)nn2-c2ccc(OC)cc2)CC1. The summed E-state index contributed by atoms with van der Waals surface area (Å²) >= 11 is 0. The number of amides is 1. The molecule has 1 aliphatic rings. The molecule has 0 unspecified atom stereocenters. The van der Waals surface area contributed by atoms with Gasteiger partial charge in [-0.2, -0.15) is 5.10 Å². The summed E-state index contributed by atoms with van der Waals surface area (Å²) in [6, 6.07) is 12.8. The average molecular weight is 437 g/mol. The summed E-state index contributed by atoms with van der Waals surface area (Å²) in [6.45, 7) is 5.02. The molecular weight excluding hydrogens is 410 g/mol. The second-order valence-corrected chi connectivity index (χ2v) is 7.75. The van der Waals surface area contributed by atoms with Crippen LogP contribution < -0.4 is 4.74 Å². The minimum atomic E-state index is -0.182. The summed E-state index contributed by atoms with van der Waals surface area (Å²) in [5, 5.41) is 4.66. The van der Waals surface area contributed by atoms with E-state index in [0.717, 1.165) is 17.2 Å². The highest BCUT2D eigenvalue weighted by Crippen LogP contribution is 2.27. The Kier molecular flexibility index (Phi) is 6.30. The quantitative estimate of drug-likeness (QED) is 0.544. The van der Waals surface area contributed by atoms with Crippen molar-refractivity contribution in [2.45, 2.75) is 26.7 Å². The number of aromatic nitrogens is 2. The fourth-order valence-electron chi connectivity index (χ4n) is 3.89. The number of furan rings is 1. The Morgan fingerprint density at radius 1 is 1.12 bits per heavy atom. The predicted molar refractivity (Wildman–Crippen MR) is 118 cm³/mol. The van der Waals surface area contributed by atoms with E-state index in [1.54, 1.807) is 29.7 Å². The molecule has 168 valence electrons. The van der Waals surface area contributed by atoms with Gasteiger partial charge >= 0.3 is 5.97 Å². The van der Waals surface area contributed by atoms with E-state index in [9.17, 15) is 9.59 Å². The molecule has 8 heteroatoms. The van der Waals surface area contributed by atoms with Crippen LogP contribution in [0.1, 0.15) is 36.0 Å². The van der Waals surface area contributed by atoms with Gasteiger partial charge in [-0.25, -0.2) is 4.68 Å². The number of methoxy groups -OCH3 is 1. The number of carbonyl (C=O) groups is 2. The van der Waals surface area contributed by atoms with Crippen LogP contribution >= 0.6 is 0 Å². The van der Waals surface area contributed by atoms with E-state index in [2.05, 4.69) is 5.10 Å². The highest BCUT2D eigenvalue weighted by molar-refractivity contribution is 5.94. The summed E-state index contributed by atoms with van der Waals surface area (Å²) < 4.78 is 17.7. The van der Waals surface area contributed by atoms with E-state index in [4.69, 9.17) is 13.9 Å². The predicted octanol–water partition coefficient (Wildman–Crippen LogP) is 3.86. The number of piperidine rings is 1. The van der Waals surface area contributed by atoms with Crippen LogP contribution in [0.2, 0.25) is 0 Å². The monoisotopic (exact) mass is 437 g/mol. The molecule has 3 aromatic rings. The topological polar surface area (TPSA) is 86.8 Å². The van der Waals surface area contributed by atoms with Crippen molar-refractivity contribution in [1.82, 2.24) is 14.7 Å². The van der Waals surface area contributed by atoms with Crippen molar-refractivity contribution in [2.75, 3.05) is 26.8 Å². The lowest BCUT2D eigenvalue weighted by atomic mass is 9.97. The second kappa shape index (κ2) is 9.30. The number of benzene rings is 1. The number of nitrogens with zero attached hydrogens (tertiary/aromatic N) is 3. The number of likely N-dealkylation sites (tertiary alicyclic amines) is 1. The lowest BCUT2D eigenvalue weighted by molar-refractivity contribution is -0.149. The molecule has 0 saturated carbocycles. The molecule has 0 N–H and O–H groups in total. The fraction of sp³-hybridized carbons (Fsp3) is 0.375. The molecule has 1 aromatic carbocycles. The van der Waals surface area contributed by atoms with Gasteiger partial charge in [0, 0.05) is 19.2 Å². The first-order chi connectivity index (χ1) is 15.5. The zero-order valence-corrected chi connectivity index (χ0v) is 18.5. The van der Waals surface area contributed by atoms with Gasteiger partial charge in [-0.15, -0.1) is 0 Å². The largest absolute Gasteiger partial charge is 0.497 e. The van der Waals surface area contributed by atoms with Crippen LogP contribution in [0.3, 0.4) is 0 Å². The van der Waals surface area contributed by atoms with Crippen LogP contribution in [-0.2, 0) is 9.53 Å². The van der Waals surface area contributed by atoms with Crippen LogP contribution in [-0.4, -0.2) is 53.4 Å². The molecule has 32 heavy (non-hydrogen) atoms. The van der Waals surface area contributed by atoms with Crippen LogP contribution in [0.25, 0.3) is 17.1 Å². The summed E-state index contributed by atoms with van der Waals surface area (Å²) in [5.74, 6) is 1.62. The van der Waals surface area contributed by atoms with E-state index in [1.807, 2.05) is 43.3 Å². The Bertz CT molecular complexity index is 1090.